The average Bonchev–Trinajstić information content (AvgIpc) is 3.32. The first-order valence-electron chi connectivity index (χ1n) is 8.81. The predicted octanol–water partition coefficient (Wildman–Crippen LogP) is 1.52. The molecule has 2 aliphatic heterocycles. The molecule has 1 N–H and O–H groups in total. The van der Waals surface area contributed by atoms with Crippen LogP contribution in [0, 0.1) is 0 Å². The summed E-state index contributed by atoms with van der Waals surface area (Å²) in [6.07, 6.45) is 1.49. The van der Waals surface area contributed by atoms with Gasteiger partial charge < -0.3 is 9.47 Å². The number of rotatable bonds is 4. The summed E-state index contributed by atoms with van der Waals surface area (Å²) < 4.78 is 13.3. The van der Waals surface area contributed by atoms with Gasteiger partial charge in [-0.1, -0.05) is 12.1 Å². The fourth-order valence-electron chi connectivity index (χ4n) is 3.14. The zero-order valence-corrected chi connectivity index (χ0v) is 15.9. The predicted molar refractivity (Wildman–Crippen MR) is 106 cm³/mol. The lowest BCUT2D eigenvalue weighted by molar-refractivity contribution is -0.121. The number of fused-ring (bicyclic) bond motifs is 4. The van der Waals surface area contributed by atoms with Gasteiger partial charge in [0.05, 0.1) is 17.7 Å². The molecule has 0 radical (unpaired) electrons. The summed E-state index contributed by atoms with van der Waals surface area (Å²) in [5, 5.41) is 8.23. The summed E-state index contributed by atoms with van der Waals surface area (Å²) in [6.45, 7) is -0.0246. The topological polar surface area (TPSA) is 99.7 Å². The van der Waals surface area contributed by atoms with Crippen molar-refractivity contribution in [2.24, 2.45) is 5.10 Å². The van der Waals surface area contributed by atoms with Crippen molar-refractivity contribution in [1.29, 1.82) is 0 Å². The van der Waals surface area contributed by atoms with Gasteiger partial charge in [-0.25, -0.2) is 19.5 Å². The Morgan fingerprint density at radius 3 is 3.03 bits per heavy atom. The molecule has 5 rings (SSSR count). The highest BCUT2D eigenvalue weighted by atomic mass is 32.2. The molecule has 29 heavy (non-hydrogen) atoms. The minimum atomic E-state index is -0.444. The van der Waals surface area contributed by atoms with Crippen molar-refractivity contribution in [1.82, 2.24) is 19.8 Å². The third-order valence-corrected chi connectivity index (χ3v) is 5.52. The van der Waals surface area contributed by atoms with Crippen LogP contribution in [0.3, 0.4) is 0 Å². The van der Waals surface area contributed by atoms with E-state index < -0.39 is 5.91 Å². The van der Waals surface area contributed by atoms with Crippen molar-refractivity contribution >= 4 is 23.9 Å². The summed E-state index contributed by atoms with van der Waals surface area (Å²) in [5.74, 6) is 2.06. The van der Waals surface area contributed by atoms with Crippen molar-refractivity contribution in [3.63, 3.8) is 0 Å². The Morgan fingerprint density at radius 1 is 1.24 bits per heavy atom. The van der Waals surface area contributed by atoms with Gasteiger partial charge in [0.25, 0.3) is 5.91 Å². The lowest BCUT2D eigenvalue weighted by Crippen LogP contribution is -2.31. The Morgan fingerprint density at radius 2 is 2.10 bits per heavy atom. The first-order chi connectivity index (χ1) is 14.2. The number of carbonyl (C=O) groups excluding carboxylic acids is 1. The number of hydrogen-bond donors (Lipinski definition) is 1. The number of aromatic nitrogens is 3. The van der Waals surface area contributed by atoms with Crippen LogP contribution in [0.2, 0.25) is 0 Å². The maximum atomic E-state index is 12.7. The third-order valence-electron chi connectivity index (χ3n) is 4.46. The molecular formula is C19H15N5O4S. The van der Waals surface area contributed by atoms with Gasteiger partial charge in [0, 0.05) is 4.90 Å². The molecular weight excluding hydrogens is 394 g/mol. The van der Waals surface area contributed by atoms with E-state index in [9.17, 15) is 9.59 Å². The normalized spacial score (nSPS) is 13.9. The van der Waals surface area contributed by atoms with E-state index in [4.69, 9.17) is 9.47 Å². The molecule has 146 valence electrons. The molecule has 0 aliphatic carbocycles. The molecule has 0 unspecified atom stereocenters. The summed E-state index contributed by atoms with van der Waals surface area (Å²) in [5.41, 5.74) is 3.61. The number of ether oxygens (including phenoxy) is 2. The standard InChI is InChI=1S/C19H15N5O4S/c25-18(21-20-8-12-5-6-14-15(7-12)28-11-27-14)9-23-19(26)24-13-3-1-2-4-16(13)29-10-17(24)22-23/h1-8H,9-11H2,(H,21,25)/b20-8-. The Bertz CT molecular complexity index is 1200. The van der Waals surface area contributed by atoms with Gasteiger partial charge >= 0.3 is 5.69 Å². The lowest BCUT2D eigenvalue weighted by Gasteiger charge is -2.15. The molecule has 10 heteroatoms. The maximum Gasteiger partial charge on any atom is 0.351 e. The molecule has 0 bridgehead atoms. The molecule has 9 nitrogen and oxygen atoms in total. The van der Waals surface area contributed by atoms with Gasteiger partial charge in [0.15, 0.2) is 11.5 Å². The van der Waals surface area contributed by atoms with Gasteiger partial charge in [0.1, 0.15) is 12.4 Å². The minimum Gasteiger partial charge on any atom is -0.454 e. The number of nitrogens with zero attached hydrogens (tertiary/aromatic N) is 4. The maximum absolute atomic E-state index is 12.7. The summed E-state index contributed by atoms with van der Waals surface area (Å²) in [4.78, 5) is 26.0. The number of carbonyl (C=O) groups is 1. The van der Waals surface area contributed by atoms with Gasteiger partial charge in [-0.05, 0) is 35.9 Å². The Labute approximate surface area is 168 Å². The Kier molecular flexibility index (Phi) is 4.32. The molecule has 0 spiro atoms. The molecule has 1 aromatic heterocycles. The van der Waals surface area contributed by atoms with E-state index in [2.05, 4.69) is 15.6 Å². The summed E-state index contributed by atoms with van der Waals surface area (Å²) in [7, 11) is 0. The number of hydrogen-bond acceptors (Lipinski definition) is 7. The zero-order chi connectivity index (χ0) is 19.8. The van der Waals surface area contributed by atoms with Gasteiger partial charge in [-0.3, -0.25) is 4.79 Å². The second-order valence-corrected chi connectivity index (χ2v) is 7.37. The molecule has 3 aromatic rings. The number of hydrazone groups is 1. The van der Waals surface area contributed by atoms with E-state index in [0.29, 0.717) is 23.1 Å². The van der Waals surface area contributed by atoms with Gasteiger partial charge in [0.2, 0.25) is 6.79 Å². The van der Waals surface area contributed by atoms with Crippen LogP contribution in [-0.2, 0) is 17.1 Å². The highest BCUT2D eigenvalue weighted by Gasteiger charge is 2.22. The van der Waals surface area contributed by atoms with Crippen LogP contribution in [0.15, 0.2) is 57.3 Å². The van der Waals surface area contributed by atoms with E-state index in [1.54, 1.807) is 34.5 Å². The van der Waals surface area contributed by atoms with Gasteiger partial charge in [-0.15, -0.1) is 11.8 Å². The van der Waals surface area contributed by atoms with Crippen LogP contribution in [0.5, 0.6) is 11.5 Å². The molecule has 0 atom stereocenters. The Hall–Kier alpha value is -3.53. The fourth-order valence-corrected chi connectivity index (χ4v) is 4.09. The molecule has 1 amide bonds. The van der Waals surface area contributed by atoms with Crippen LogP contribution in [0.1, 0.15) is 11.4 Å². The first kappa shape index (κ1) is 17.6. The number of thioether (sulfide) groups is 1. The summed E-state index contributed by atoms with van der Waals surface area (Å²) >= 11 is 1.61. The van der Waals surface area contributed by atoms with E-state index in [-0.39, 0.29) is 19.0 Å². The largest absolute Gasteiger partial charge is 0.454 e. The van der Waals surface area contributed by atoms with E-state index >= 15 is 0 Å². The first-order valence-corrected chi connectivity index (χ1v) is 9.80. The van der Waals surface area contributed by atoms with E-state index in [1.807, 2.05) is 24.3 Å². The molecule has 0 fully saturated rings. The van der Waals surface area contributed by atoms with E-state index in [0.717, 1.165) is 20.8 Å². The molecule has 2 aromatic carbocycles. The molecule has 0 saturated carbocycles. The molecule has 2 aliphatic rings. The average molecular weight is 409 g/mol. The number of nitrogens with one attached hydrogen (secondary N) is 1. The smallest absolute Gasteiger partial charge is 0.351 e. The van der Waals surface area contributed by atoms with Crippen molar-refractivity contribution in [2.45, 2.75) is 17.2 Å². The highest BCUT2D eigenvalue weighted by molar-refractivity contribution is 7.98. The van der Waals surface area contributed by atoms with Crippen LogP contribution in [0.25, 0.3) is 5.69 Å². The van der Waals surface area contributed by atoms with Crippen LogP contribution < -0.4 is 20.6 Å². The van der Waals surface area contributed by atoms with Crippen LogP contribution in [0.4, 0.5) is 0 Å². The minimum absolute atomic E-state index is 0.193. The van der Waals surface area contributed by atoms with Crippen molar-refractivity contribution < 1.29 is 14.3 Å². The SMILES string of the molecule is O=C(Cn1nc2n(c1=O)-c1ccccc1SC2)N/N=C\c1ccc2c(c1)OCO2. The van der Waals surface area contributed by atoms with Crippen molar-refractivity contribution in [2.75, 3.05) is 6.79 Å². The highest BCUT2D eigenvalue weighted by Crippen LogP contribution is 2.33. The second-order valence-electron chi connectivity index (χ2n) is 6.35. The van der Waals surface area contributed by atoms with Gasteiger partial charge in [-0.2, -0.15) is 10.2 Å². The number of amides is 1. The summed E-state index contributed by atoms with van der Waals surface area (Å²) in [6, 6.07) is 13.0. The van der Waals surface area contributed by atoms with Crippen LogP contribution in [-0.4, -0.2) is 33.3 Å². The quantitative estimate of drug-likeness (QED) is 0.518. The Balaban J connectivity index is 1.29. The molecule has 0 saturated heterocycles. The number of para-hydroxylation sites is 1. The second kappa shape index (κ2) is 7.13. The van der Waals surface area contributed by atoms with Crippen molar-refractivity contribution in [3.8, 4) is 17.2 Å². The van der Waals surface area contributed by atoms with Crippen molar-refractivity contribution in [3.05, 3.63) is 64.3 Å². The zero-order valence-electron chi connectivity index (χ0n) is 15.1. The monoisotopic (exact) mass is 409 g/mol. The van der Waals surface area contributed by atoms with E-state index in [1.165, 1.54) is 6.21 Å². The fraction of sp³-hybridized carbons (Fsp3) is 0.158. The third kappa shape index (κ3) is 3.27. The number of benzene rings is 2. The lowest BCUT2D eigenvalue weighted by atomic mass is 10.2. The molecule has 3 heterocycles. The van der Waals surface area contributed by atoms with Crippen LogP contribution >= 0.6 is 11.8 Å².